The van der Waals surface area contributed by atoms with Gasteiger partial charge in [-0.1, -0.05) is 12.1 Å². The van der Waals surface area contributed by atoms with Crippen LogP contribution in [0.3, 0.4) is 0 Å². The van der Waals surface area contributed by atoms with E-state index in [1.807, 2.05) is 17.5 Å². The van der Waals surface area contributed by atoms with E-state index in [2.05, 4.69) is 4.98 Å². The van der Waals surface area contributed by atoms with Crippen molar-refractivity contribution < 1.29 is 9.53 Å². The zero-order chi connectivity index (χ0) is 11.4. The van der Waals surface area contributed by atoms with Gasteiger partial charge in [0, 0.05) is 17.1 Å². The molecule has 1 aromatic heterocycles. The maximum absolute atomic E-state index is 11.5. The third-order valence-electron chi connectivity index (χ3n) is 2.05. The van der Waals surface area contributed by atoms with Gasteiger partial charge in [0.2, 0.25) is 0 Å². The van der Waals surface area contributed by atoms with Crippen LogP contribution >= 0.6 is 11.3 Å². The fourth-order valence-electron chi connectivity index (χ4n) is 1.36. The van der Waals surface area contributed by atoms with Crippen LogP contribution in [0.5, 0.6) is 0 Å². The van der Waals surface area contributed by atoms with Gasteiger partial charge in [0.1, 0.15) is 5.01 Å². The molecule has 82 valence electrons. The molecule has 0 saturated carbocycles. The second-order valence-corrected chi connectivity index (χ2v) is 4.03. The number of carbonyl (C=O) groups excluding carboxylic acids is 1. The quantitative estimate of drug-likeness (QED) is 0.765. The van der Waals surface area contributed by atoms with E-state index < -0.39 is 0 Å². The molecule has 16 heavy (non-hydrogen) atoms. The smallest absolute Gasteiger partial charge is 0.338 e. The van der Waals surface area contributed by atoms with Gasteiger partial charge in [-0.05, 0) is 19.1 Å². The molecule has 0 aliphatic heterocycles. The highest BCUT2D eigenvalue weighted by Gasteiger charge is 2.08. The van der Waals surface area contributed by atoms with E-state index in [4.69, 9.17) is 4.74 Å². The average Bonchev–Trinajstić information content (AvgIpc) is 2.83. The molecule has 0 aliphatic carbocycles. The molecule has 0 N–H and O–H groups in total. The second kappa shape index (κ2) is 4.90. The van der Waals surface area contributed by atoms with Crippen LogP contribution in [0.1, 0.15) is 17.3 Å². The summed E-state index contributed by atoms with van der Waals surface area (Å²) in [6, 6.07) is 7.32. The lowest BCUT2D eigenvalue weighted by molar-refractivity contribution is 0.0526. The van der Waals surface area contributed by atoms with E-state index in [0.717, 1.165) is 10.6 Å². The van der Waals surface area contributed by atoms with Crippen LogP contribution in [0, 0.1) is 0 Å². The molecular formula is C12H11NO2S. The van der Waals surface area contributed by atoms with E-state index in [-0.39, 0.29) is 5.97 Å². The Balaban J connectivity index is 2.30. The summed E-state index contributed by atoms with van der Waals surface area (Å²) in [7, 11) is 0. The van der Waals surface area contributed by atoms with Crippen molar-refractivity contribution >= 4 is 17.3 Å². The van der Waals surface area contributed by atoms with E-state index in [0.29, 0.717) is 12.2 Å². The van der Waals surface area contributed by atoms with Crippen molar-refractivity contribution in [1.29, 1.82) is 0 Å². The SMILES string of the molecule is CCOC(=O)c1cccc(-c2nccs2)c1. The van der Waals surface area contributed by atoms with E-state index >= 15 is 0 Å². The second-order valence-electron chi connectivity index (χ2n) is 3.14. The highest BCUT2D eigenvalue weighted by molar-refractivity contribution is 7.13. The van der Waals surface area contributed by atoms with Gasteiger partial charge in [-0.3, -0.25) is 0 Å². The molecule has 0 aliphatic rings. The lowest BCUT2D eigenvalue weighted by Crippen LogP contribution is -2.04. The first-order valence-corrected chi connectivity index (χ1v) is 5.86. The molecule has 0 bridgehead atoms. The van der Waals surface area contributed by atoms with E-state index in [1.165, 1.54) is 0 Å². The maximum atomic E-state index is 11.5. The fourth-order valence-corrected chi connectivity index (χ4v) is 2.00. The molecule has 1 heterocycles. The Bertz CT molecular complexity index is 480. The van der Waals surface area contributed by atoms with Crippen LogP contribution in [-0.2, 0) is 4.74 Å². The largest absolute Gasteiger partial charge is 0.462 e. The summed E-state index contributed by atoms with van der Waals surface area (Å²) < 4.78 is 4.94. The Morgan fingerprint density at radius 2 is 2.38 bits per heavy atom. The van der Waals surface area contributed by atoms with Gasteiger partial charge in [-0.2, -0.15) is 0 Å². The minimum Gasteiger partial charge on any atom is -0.462 e. The molecule has 2 aromatic rings. The number of esters is 1. The van der Waals surface area contributed by atoms with Gasteiger partial charge in [0.25, 0.3) is 0 Å². The third kappa shape index (κ3) is 2.28. The van der Waals surface area contributed by atoms with Gasteiger partial charge in [-0.25, -0.2) is 9.78 Å². The average molecular weight is 233 g/mol. The Hall–Kier alpha value is -1.68. The van der Waals surface area contributed by atoms with Crippen molar-refractivity contribution in [1.82, 2.24) is 4.98 Å². The summed E-state index contributed by atoms with van der Waals surface area (Å²) in [4.78, 5) is 15.7. The van der Waals surface area contributed by atoms with Crippen LogP contribution in [-0.4, -0.2) is 17.6 Å². The molecular weight excluding hydrogens is 222 g/mol. The number of thiazole rings is 1. The van der Waals surface area contributed by atoms with Crippen LogP contribution in [0.2, 0.25) is 0 Å². The summed E-state index contributed by atoms with van der Waals surface area (Å²) >= 11 is 1.55. The number of carbonyl (C=O) groups is 1. The summed E-state index contributed by atoms with van der Waals surface area (Å²) in [5, 5.41) is 2.82. The molecule has 4 heteroatoms. The van der Waals surface area contributed by atoms with Gasteiger partial charge in [-0.15, -0.1) is 11.3 Å². The zero-order valence-electron chi connectivity index (χ0n) is 8.84. The molecule has 0 fully saturated rings. The number of ether oxygens (including phenoxy) is 1. The highest BCUT2D eigenvalue weighted by atomic mass is 32.1. The molecule has 2 rings (SSSR count). The Labute approximate surface area is 97.7 Å². The number of benzene rings is 1. The summed E-state index contributed by atoms with van der Waals surface area (Å²) in [5.74, 6) is -0.291. The first-order chi connectivity index (χ1) is 7.81. The summed E-state index contributed by atoms with van der Waals surface area (Å²) in [6.07, 6.45) is 1.75. The summed E-state index contributed by atoms with van der Waals surface area (Å²) in [6.45, 7) is 2.18. The van der Waals surface area contributed by atoms with Gasteiger partial charge in [0.15, 0.2) is 0 Å². The first-order valence-electron chi connectivity index (χ1n) is 4.98. The Morgan fingerprint density at radius 1 is 1.50 bits per heavy atom. The predicted octanol–water partition coefficient (Wildman–Crippen LogP) is 2.99. The van der Waals surface area contributed by atoms with Crippen molar-refractivity contribution in [3.63, 3.8) is 0 Å². The molecule has 0 spiro atoms. The number of hydrogen-bond donors (Lipinski definition) is 0. The Morgan fingerprint density at radius 3 is 3.06 bits per heavy atom. The molecule has 0 amide bonds. The molecule has 3 nitrogen and oxygen atoms in total. The number of rotatable bonds is 3. The molecule has 0 saturated heterocycles. The van der Waals surface area contributed by atoms with Gasteiger partial charge < -0.3 is 4.74 Å². The standard InChI is InChI=1S/C12H11NO2S/c1-2-15-12(14)10-5-3-4-9(8-10)11-13-6-7-16-11/h3-8H,2H2,1H3. The lowest BCUT2D eigenvalue weighted by atomic mass is 10.1. The van der Waals surface area contributed by atoms with Crippen LogP contribution in [0.25, 0.3) is 10.6 Å². The third-order valence-corrected chi connectivity index (χ3v) is 2.88. The van der Waals surface area contributed by atoms with Crippen molar-refractivity contribution in [2.24, 2.45) is 0 Å². The number of hydrogen-bond acceptors (Lipinski definition) is 4. The Kier molecular flexibility index (Phi) is 3.31. The first kappa shape index (κ1) is 10.8. The van der Waals surface area contributed by atoms with E-state index in [1.54, 1.807) is 36.6 Å². The minimum absolute atomic E-state index is 0.291. The maximum Gasteiger partial charge on any atom is 0.338 e. The van der Waals surface area contributed by atoms with Crippen LogP contribution in [0.15, 0.2) is 35.8 Å². The normalized spacial score (nSPS) is 10.1. The predicted molar refractivity (Wildman–Crippen MR) is 63.5 cm³/mol. The zero-order valence-corrected chi connectivity index (χ0v) is 9.66. The van der Waals surface area contributed by atoms with Crippen molar-refractivity contribution in [3.05, 3.63) is 41.4 Å². The van der Waals surface area contributed by atoms with Gasteiger partial charge in [0.05, 0.1) is 12.2 Å². The highest BCUT2D eigenvalue weighted by Crippen LogP contribution is 2.22. The van der Waals surface area contributed by atoms with Crippen molar-refractivity contribution in [2.45, 2.75) is 6.92 Å². The number of aromatic nitrogens is 1. The molecule has 0 unspecified atom stereocenters. The lowest BCUT2D eigenvalue weighted by Gasteiger charge is -2.02. The summed E-state index contributed by atoms with van der Waals surface area (Å²) in [5.41, 5.74) is 1.51. The van der Waals surface area contributed by atoms with Crippen LogP contribution < -0.4 is 0 Å². The molecule has 0 atom stereocenters. The molecule has 1 aromatic carbocycles. The minimum atomic E-state index is -0.291. The monoisotopic (exact) mass is 233 g/mol. The van der Waals surface area contributed by atoms with Crippen molar-refractivity contribution in [2.75, 3.05) is 6.61 Å². The van der Waals surface area contributed by atoms with Crippen molar-refractivity contribution in [3.8, 4) is 10.6 Å². The fraction of sp³-hybridized carbons (Fsp3) is 0.167. The van der Waals surface area contributed by atoms with Crippen LogP contribution in [0.4, 0.5) is 0 Å². The van der Waals surface area contributed by atoms with Gasteiger partial charge >= 0.3 is 5.97 Å². The number of nitrogens with zero attached hydrogens (tertiary/aromatic N) is 1. The topological polar surface area (TPSA) is 39.2 Å². The molecule has 0 radical (unpaired) electrons. The van der Waals surface area contributed by atoms with E-state index in [9.17, 15) is 4.79 Å².